The van der Waals surface area contributed by atoms with E-state index in [9.17, 15) is 0 Å². The van der Waals surface area contributed by atoms with E-state index >= 15 is 0 Å². The number of nitrogens with zero attached hydrogens (tertiary/aromatic N) is 1. The Morgan fingerprint density at radius 2 is 1.95 bits per heavy atom. The maximum atomic E-state index is 5.91. The number of benzene rings is 1. The van der Waals surface area contributed by atoms with Crippen LogP contribution in [-0.4, -0.2) is 37.2 Å². The number of nitrogens with two attached hydrogens (primary N) is 1. The highest BCUT2D eigenvalue weighted by atomic mass is 16.5. The number of hydrogen-bond acceptors (Lipinski definition) is 3. The van der Waals surface area contributed by atoms with E-state index in [2.05, 4.69) is 43.9 Å². The molecule has 19 heavy (non-hydrogen) atoms. The minimum absolute atomic E-state index is 0.112. The minimum atomic E-state index is 0.112. The Morgan fingerprint density at radius 3 is 2.53 bits per heavy atom. The first-order valence-electron chi connectivity index (χ1n) is 7.29. The van der Waals surface area contributed by atoms with Gasteiger partial charge in [-0.05, 0) is 32.4 Å². The van der Waals surface area contributed by atoms with Crippen LogP contribution in [0.2, 0.25) is 0 Å². The fraction of sp³-hybridized carbons (Fsp3) is 0.625. The fourth-order valence-electron chi connectivity index (χ4n) is 3.13. The molecule has 1 aromatic carbocycles. The van der Waals surface area contributed by atoms with E-state index in [4.69, 9.17) is 10.5 Å². The molecule has 0 aromatic heterocycles. The second kappa shape index (κ2) is 6.51. The summed E-state index contributed by atoms with van der Waals surface area (Å²) in [5.41, 5.74) is 9.89. The van der Waals surface area contributed by atoms with Crippen molar-refractivity contribution in [2.24, 2.45) is 5.73 Å². The highest BCUT2D eigenvalue weighted by Gasteiger charge is 2.32. The first kappa shape index (κ1) is 14.5. The van der Waals surface area contributed by atoms with Gasteiger partial charge in [0.1, 0.15) is 0 Å². The van der Waals surface area contributed by atoms with E-state index < -0.39 is 0 Å². The van der Waals surface area contributed by atoms with E-state index in [1.165, 1.54) is 23.1 Å². The van der Waals surface area contributed by atoms with Crippen molar-refractivity contribution in [2.75, 3.05) is 26.2 Å². The summed E-state index contributed by atoms with van der Waals surface area (Å²) in [7, 11) is 0. The third-order valence-corrected chi connectivity index (χ3v) is 3.78. The first-order valence-corrected chi connectivity index (χ1v) is 7.29. The van der Waals surface area contributed by atoms with Crippen LogP contribution in [0.5, 0.6) is 0 Å². The number of rotatable bonds is 4. The summed E-state index contributed by atoms with van der Waals surface area (Å²) in [6.07, 6.45) is 1.28. The van der Waals surface area contributed by atoms with Gasteiger partial charge in [0, 0.05) is 13.1 Å². The van der Waals surface area contributed by atoms with E-state index in [0.717, 1.165) is 19.7 Å². The summed E-state index contributed by atoms with van der Waals surface area (Å²) in [6, 6.07) is 7.07. The lowest BCUT2D eigenvalue weighted by atomic mass is 9.94. The molecular formula is C16H26N2O. The van der Waals surface area contributed by atoms with Crippen molar-refractivity contribution in [1.82, 2.24) is 4.90 Å². The highest BCUT2D eigenvalue weighted by molar-refractivity contribution is 5.31. The maximum absolute atomic E-state index is 5.91. The van der Waals surface area contributed by atoms with Crippen molar-refractivity contribution in [3.63, 3.8) is 0 Å². The Labute approximate surface area is 116 Å². The topological polar surface area (TPSA) is 38.5 Å². The molecule has 1 aliphatic heterocycles. The normalized spacial score (nSPS) is 24.6. The van der Waals surface area contributed by atoms with Gasteiger partial charge in [0.15, 0.2) is 0 Å². The average Bonchev–Trinajstić information content (AvgIpc) is 2.37. The first-order chi connectivity index (χ1) is 9.15. The lowest BCUT2D eigenvalue weighted by Gasteiger charge is -2.41. The van der Waals surface area contributed by atoms with Crippen LogP contribution >= 0.6 is 0 Å². The summed E-state index contributed by atoms with van der Waals surface area (Å²) in [5.74, 6) is 0. The molecule has 106 valence electrons. The Bertz CT molecular complexity index is 397. The molecule has 1 aliphatic rings. The molecule has 0 bridgehead atoms. The van der Waals surface area contributed by atoms with Crippen molar-refractivity contribution in [3.8, 4) is 0 Å². The van der Waals surface area contributed by atoms with Crippen LogP contribution in [0.3, 0.4) is 0 Å². The molecule has 1 saturated heterocycles. The SMILES string of the molecule is CCCN1CCOC(CN)C1c1cc(C)cc(C)c1. The molecular weight excluding hydrogens is 236 g/mol. The monoisotopic (exact) mass is 262 g/mol. The number of hydrogen-bond donors (Lipinski definition) is 1. The van der Waals surface area contributed by atoms with Crippen molar-refractivity contribution >= 4 is 0 Å². The van der Waals surface area contributed by atoms with Gasteiger partial charge < -0.3 is 10.5 Å². The minimum Gasteiger partial charge on any atom is -0.374 e. The van der Waals surface area contributed by atoms with Crippen LogP contribution in [0.15, 0.2) is 18.2 Å². The van der Waals surface area contributed by atoms with Crippen LogP contribution in [0.1, 0.15) is 36.1 Å². The second-order valence-corrected chi connectivity index (χ2v) is 5.55. The van der Waals surface area contributed by atoms with E-state index in [1.807, 2.05) is 0 Å². The Morgan fingerprint density at radius 1 is 1.26 bits per heavy atom. The highest BCUT2D eigenvalue weighted by Crippen LogP contribution is 2.30. The summed E-state index contributed by atoms with van der Waals surface area (Å²) in [5, 5.41) is 0. The van der Waals surface area contributed by atoms with Crippen LogP contribution in [-0.2, 0) is 4.74 Å². The van der Waals surface area contributed by atoms with Crippen LogP contribution < -0.4 is 5.73 Å². The van der Waals surface area contributed by atoms with Gasteiger partial charge in [0.05, 0.1) is 18.8 Å². The summed E-state index contributed by atoms with van der Waals surface area (Å²) >= 11 is 0. The molecule has 1 fully saturated rings. The van der Waals surface area contributed by atoms with E-state index in [0.29, 0.717) is 12.6 Å². The van der Waals surface area contributed by atoms with Gasteiger partial charge in [-0.25, -0.2) is 0 Å². The zero-order valence-electron chi connectivity index (χ0n) is 12.4. The summed E-state index contributed by atoms with van der Waals surface area (Å²) < 4.78 is 5.88. The molecule has 3 nitrogen and oxygen atoms in total. The fourth-order valence-corrected chi connectivity index (χ4v) is 3.13. The molecule has 0 saturated carbocycles. The molecule has 2 atom stereocenters. The van der Waals surface area contributed by atoms with Crippen LogP contribution in [0.4, 0.5) is 0 Å². The van der Waals surface area contributed by atoms with Crippen LogP contribution in [0, 0.1) is 13.8 Å². The molecule has 0 spiro atoms. The van der Waals surface area contributed by atoms with Crippen molar-refractivity contribution < 1.29 is 4.74 Å². The summed E-state index contributed by atoms with van der Waals surface area (Å²) in [4.78, 5) is 2.52. The standard InChI is InChI=1S/C16H26N2O/c1-4-5-18-6-7-19-15(11-17)16(18)14-9-12(2)8-13(3)10-14/h8-10,15-16H,4-7,11,17H2,1-3H3. The Kier molecular flexibility index (Phi) is 4.97. The molecule has 2 N–H and O–H groups in total. The lowest BCUT2D eigenvalue weighted by Crippen LogP contribution is -2.48. The van der Waals surface area contributed by atoms with E-state index in [1.54, 1.807) is 0 Å². The van der Waals surface area contributed by atoms with Gasteiger partial charge in [-0.3, -0.25) is 4.90 Å². The van der Waals surface area contributed by atoms with Gasteiger partial charge in [0.2, 0.25) is 0 Å². The maximum Gasteiger partial charge on any atom is 0.0894 e. The Hall–Kier alpha value is -0.900. The third-order valence-electron chi connectivity index (χ3n) is 3.78. The van der Waals surface area contributed by atoms with Gasteiger partial charge >= 0.3 is 0 Å². The molecule has 0 aliphatic carbocycles. The van der Waals surface area contributed by atoms with Gasteiger partial charge in [-0.15, -0.1) is 0 Å². The number of morpholine rings is 1. The molecule has 1 heterocycles. The quantitative estimate of drug-likeness (QED) is 0.905. The van der Waals surface area contributed by atoms with E-state index in [-0.39, 0.29) is 6.10 Å². The molecule has 1 aromatic rings. The van der Waals surface area contributed by atoms with Gasteiger partial charge in [-0.2, -0.15) is 0 Å². The molecule has 3 heteroatoms. The number of ether oxygens (including phenoxy) is 1. The molecule has 0 radical (unpaired) electrons. The number of aryl methyl sites for hydroxylation is 2. The zero-order valence-corrected chi connectivity index (χ0v) is 12.4. The van der Waals surface area contributed by atoms with Gasteiger partial charge in [0.25, 0.3) is 0 Å². The predicted molar refractivity (Wildman–Crippen MR) is 79.3 cm³/mol. The molecule has 0 amide bonds. The largest absolute Gasteiger partial charge is 0.374 e. The lowest BCUT2D eigenvalue weighted by molar-refractivity contribution is -0.0676. The molecule has 2 unspecified atom stereocenters. The Balaban J connectivity index is 2.33. The molecule has 2 rings (SSSR count). The second-order valence-electron chi connectivity index (χ2n) is 5.55. The summed E-state index contributed by atoms with van der Waals surface area (Å²) in [6.45, 7) is 10.0. The van der Waals surface area contributed by atoms with Crippen LogP contribution in [0.25, 0.3) is 0 Å². The third kappa shape index (κ3) is 3.35. The smallest absolute Gasteiger partial charge is 0.0894 e. The van der Waals surface area contributed by atoms with Crippen molar-refractivity contribution in [2.45, 2.75) is 39.3 Å². The van der Waals surface area contributed by atoms with Crippen molar-refractivity contribution in [3.05, 3.63) is 34.9 Å². The predicted octanol–water partition coefficient (Wildman–Crippen LogP) is 2.41. The van der Waals surface area contributed by atoms with Crippen molar-refractivity contribution in [1.29, 1.82) is 0 Å². The van der Waals surface area contributed by atoms with Gasteiger partial charge in [-0.1, -0.05) is 36.2 Å². The zero-order chi connectivity index (χ0) is 13.8. The average molecular weight is 262 g/mol.